The fourth-order valence-corrected chi connectivity index (χ4v) is 10.3. The van der Waals surface area contributed by atoms with E-state index in [0.29, 0.717) is 48.4 Å². The van der Waals surface area contributed by atoms with Gasteiger partial charge in [0.1, 0.15) is 0 Å². The van der Waals surface area contributed by atoms with E-state index in [1.807, 2.05) is 27.7 Å². The van der Waals surface area contributed by atoms with E-state index in [0.717, 1.165) is 0 Å². The minimum absolute atomic E-state index is 0.414. The lowest BCUT2D eigenvalue weighted by Gasteiger charge is -2.17. The Kier molecular flexibility index (Phi) is 10.0. The third-order valence-electron chi connectivity index (χ3n) is 2.69. The number of nitrogens with zero attached hydrogens (tertiary/aromatic N) is 4. The number of aromatic amines is 2. The van der Waals surface area contributed by atoms with Crippen LogP contribution in [0.1, 0.15) is 27.7 Å². The summed E-state index contributed by atoms with van der Waals surface area (Å²) in [6.07, 6.45) is 0. The van der Waals surface area contributed by atoms with Crippen molar-refractivity contribution < 1.29 is 18.1 Å². The van der Waals surface area contributed by atoms with Crippen molar-refractivity contribution in [3.8, 4) is 11.6 Å². The monoisotopic (exact) mass is 504 g/mol. The average molecular weight is 505 g/mol. The fourth-order valence-electron chi connectivity index (χ4n) is 1.80. The van der Waals surface area contributed by atoms with E-state index in [2.05, 4.69) is 30.4 Å². The summed E-state index contributed by atoms with van der Waals surface area (Å²) in [4.78, 5) is 8.77. The van der Waals surface area contributed by atoms with Crippen LogP contribution in [0.4, 0.5) is 0 Å². The molecule has 2 heterocycles. The van der Waals surface area contributed by atoms with Gasteiger partial charge in [0.05, 0.1) is 26.4 Å². The van der Waals surface area contributed by atoms with Crippen LogP contribution >= 0.6 is 34.2 Å². The number of aromatic nitrogens is 6. The first-order chi connectivity index (χ1) is 13.4. The lowest BCUT2D eigenvalue weighted by Crippen LogP contribution is -1.92. The molecule has 10 nitrogen and oxygen atoms in total. The van der Waals surface area contributed by atoms with E-state index in [1.165, 1.54) is 22.8 Å². The van der Waals surface area contributed by atoms with Crippen LogP contribution in [-0.4, -0.2) is 56.8 Å². The van der Waals surface area contributed by atoms with Gasteiger partial charge < -0.3 is 18.1 Å². The van der Waals surface area contributed by atoms with Gasteiger partial charge in [0.15, 0.2) is 11.6 Å². The van der Waals surface area contributed by atoms with Gasteiger partial charge in [-0.2, -0.15) is 9.97 Å². The third-order valence-corrected chi connectivity index (χ3v) is 12.3. The molecule has 0 fully saturated rings. The Labute approximate surface area is 181 Å². The van der Waals surface area contributed by atoms with Crippen LogP contribution in [0.25, 0.3) is 11.6 Å². The molecular weight excluding hydrogens is 482 g/mol. The zero-order valence-corrected chi connectivity index (χ0v) is 20.8. The number of nitrogens with one attached hydrogen (secondary N) is 2. The predicted octanol–water partition coefficient (Wildman–Crippen LogP) is 4.37. The summed E-state index contributed by atoms with van der Waals surface area (Å²) in [6.45, 7) is 9.28. The first-order valence-corrected chi connectivity index (χ1v) is 16.5. The summed E-state index contributed by atoms with van der Waals surface area (Å²) < 4.78 is 22.4. The second-order valence-electron chi connectivity index (χ2n) is 4.68. The van der Waals surface area contributed by atoms with Crippen molar-refractivity contribution in [2.75, 3.05) is 26.4 Å². The Morgan fingerprint density at radius 2 is 1.04 bits per heavy atom. The highest BCUT2D eigenvalue weighted by atomic mass is 32.9. The summed E-state index contributed by atoms with van der Waals surface area (Å²) in [6, 6.07) is 0. The van der Waals surface area contributed by atoms with Crippen molar-refractivity contribution in [2.24, 2.45) is 0 Å². The van der Waals surface area contributed by atoms with Crippen LogP contribution in [0.2, 0.25) is 0 Å². The minimum Gasteiger partial charge on any atom is -0.322 e. The minimum atomic E-state index is -2.55. The molecule has 0 atom stereocenters. The molecule has 0 aliphatic heterocycles. The normalized spacial score (nSPS) is 12.6. The van der Waals surface area contributed by atoms with E-state index in [-0.39, 0.29) is 0 Å². The van der Waals surface area contributed by atoms with Gasteiger partial charge in [0.2, 0.25) is 10.3 Å². The van der Waals surface area contributed by atoms with Gasteiger partial charge in [-0.05, 0) is 51.3 Å². The first-order valence-electron chi connectivity index (χ1n) is 8.39. The van der Waals surface area contributed by atoms with Crippen LogP contribution in [0.15, 0.2) is 10.3 Å². The second-order valence-corrected chi connectivity index (χ2v) is 16.8. The smallest absolute Gasteiger partial charge is 0.255 e. The van der Waals surface area contributed by atoms with Crippen LogP contribution in [0, 0.1) is 0 Å². The molecule has 0 saturated carbocycles. The van der Waals surface area contributed by atoms with Crippen molar-refractivity contribution in [3.05, 3.63) is 0 Å². The summed E-state index contributed by atoms with van der Waals surface area (Å²) in [7, 11) is 0. The summed E-state index contributed by atoms with van der Waals surface area (Å²) >= 11 is 13.4. The molecule has 0 bridgehead atoms. The average Bonchev–Trinajstić information content (AvgIpc) is 3.24. The van der Waals surface area contributed by atoms with Crippen LogP contribution in [0.5, 0.6) is 0 Å². The van der Waals surface area contributed by atoms with E-state index in [9.17, 15) is 0 Å². The van der Waals surface area contributed by atoms with Crippen molar-refractivity contribution in [1.29, 1.82) is 0 Å². The van der Waals surface area contributed by atoms with E-state index >= 15 is 0 Å². The van der Waals surface area contributed by atoms with Crippen LogP contribution in [0.3, 0.4) is 0 Å². The van der Waals surface area contributed by atoms with Crippen molar-refractivity contribution >= 4 is 57.8 Å². The number of hydrogen-bond acceptors (Lipinski definition) is 12. The van der Waals surface area contributed by atoms with Crippen molar-refractivity contribution in [1.82, 2.24) is 30.4 Å². The maximum atomic E-state index is 5.59. The number of hydrogen-bond donors (Lipinski definition) is 2. The number of rotatable bonds is 13. The summed E-state index contributed by atoms with van der Waals surface area (Å²) in [5.74, 6) is 0.829. The van der Waals surface area contributed by atoms with Crippen molar-refractivity contribution in [2.45, 2.75) is 38.0 Å². The standard InChI is InChI=1S/C12H22N6O4P2S4/c1-5-19-23(25,20-6-2)27-11-13-9(15-17-11)10-14-12(18-16-10)28-24(26,21-7-3)22-8-4/h5-8H2,1-4H3,(H,13,15,17)(H,14,16,18). The molecule has 0 saturated heterocycles. The van der Waals surface area contributed by atoms with Gasteiger partial charge >= 0.3 is 0 Å². The molecule has 0 spiro atoms. The van der Waals surface area contributed by atoms with E-state index < -0.39 is 11.4 Å². The molecule has 2 N–H and O–H groups in total. The molecule has 0 aliphatic rings. The SMILES string of the molecule is CCOP(=S)(OCC)Sc1n[nH]c(-c2nc(SP(=S)(OCC)OCC)n[nH]2)n1. The largest absolute Gasteiger partial charge is 0.322 e. The van der Waals surface area contributed by atoms with Crippen LogP contribution < -0.4 is 0 Å². The van der Waals surface area contributed by atoms with Gasteiger partial charge in [-0.1, -0.05) is 0 Å². The highest BCUT2D eigenvalue weighted by Crippen LogP contribution is 2.64. The molecular formula is C12H22N6O4P2S4. The lowest BCUT2D eigenvalue weighted by atomic mass is 10.6. The molecule has 0 amide bonds. The topological polar surface area (TPSA) is 120 Å². The maximum Gasteiger partial charge on any atom is 0.255 e. The van der Waals surface area contributed by atoms with Gasteiger partial charge in [-0.25, -0.2) is 0 Å². The van der Waals surface area contributed by atoms with Gasteiger partial charge in [-0.3, -0.25) is 10.2 Å². The quantitative estimate of drug-likeness (QED) is 0.377. The molecule has 2 rings (SSSR count). The van der Waals surface area contributed by atoms with Gasteiger partial charge in [0, 0.05) is 22.8 Å². The predicted molar refractivity (Wildman–Crippen MR) is 119 cm³/mol. The molecule has 0 aliphatic carbocycles. The molecule has 0 aromatic carbocycles. The molecule has 158 valence electrons. The highest BCUT2D eigenvalue weighted by Gasteiger charge is 2.25. The van der Waals surface area contributed by atoms with E-state index in [4.69, 9.17) is 41.7 Å². The Morgan fingerprint density at radius 3 is 1.32 bits per heavy atom. The molecule has 2 aromatic rings. The maximum absolute atomic E-state index is 5.59. The molecule has 2 aromatic heterocycles. The highest BCUT2D eigenvalue weighted by molar-refractivity contribution is 8.68. The third kappa shape index (κ3) is 7.12. The van der Waals surface area contributed by atoms with Crippen LogP contribution in [-0.2, 0) is 41.7 Å². The Morgan fingerprint density at radius 1 is 0.714 bits per heavy atom. The van der Waals surface area contributed by atoms with E-state index in [1.54, 1.807) is 0 Å². The Balaban J connectivity index is 2.12. The molecule has 0 unspecified atom stereocenters. The summed E-state index contributed by atoms with van der Waals surface area (Å²) in [5, 5.41) is 14.8. The zero-order chi connectivity index (χ0) is 20.6. The molecule has 0 radical (unpaired) electrons. The van der Waals surface area contributed by atoms with Crippen molar-refractivity contribution in [3.63, 3.8) is 0 Å². The fraction of sp³-hybridized carbons (Fsp3) is 0.667. The zero-order valence-electron chi connectivity index (χ0n) is 15.8. The van der Waals surface area contributed by atoms with Gasteiger partial charge in [0.25, 0.3) is 11.4 Å². The number of H-pyrrole nitrogens is 2. The second kappa shape index (κ2) is 11.5. The lowest BCUT2D eigenvalue weighted by molar-refractivity contribution is 0.280. The van der Waals surface area contributed by atoms with Gasteiger partial charge in [-0.15, -0.1) is 10.2 Å². The molecule has 16 heteroatoms. The Hall–Kier alpha value is 0.120. The summed E-state index contributed by atoms with van der Waals surface area (Å²) in [5.41, 5.74) is -5.09. The Bertz CT molecular complexity index is 761. The first kappa shape index (κ1) is 24.4. The molecule has 28 heavy (non-hydrogen) atoms.